The van der Waals surface area contributed by atoms with E-state index in [1.54, 1.807) is 11.8 Å². The highest BCUT2D eigenvalue weighted by atomic mass is 32.2. The highest BCUT2D eigenvalue weighted by Gasteiger charge is 2.23. The van der Waals surface area contributed by atoms with Crippen LogP contribution >= 0.6 is 11.8 Å². The second kappa shape index (κ2) is 9.01. The van der Waals surface area contributed by atoms with Gasteiger partial charge in [-0.25, -0.2) is 0 Å². The molecule has 1 aromatic heterocycles. The van der Waals surface area contributed by atoms with Gasteiger partial charge in [-0.15, -0.1) is 0 Å². The molecule has 3 aromatic rings. The Labute approximate surface area is 184 Å². The van der Waals surface area contributed by atoms with E-state index in [0.717, 1.165) is 34.1 Å². The largest absolute Gasteiger partial charge is 0.452 e. The number of carbonyl (C=O) groups is 3. The topological polar surface area (TPSA) is 80.6 Å². The first-order chi connectivity index (χ1) is 15.0. The maximum atomic E-state index is 12.6. The van der Waals surface area contributed by atoms with E-state index in [9.17, 15) is 14.4 Å². The summed E-state index contributed by atoms with van der Waals surface area (Å²) in [5.41, 5.74) is 2.91. The Kier molecular flexibility index (Phi) is 6.18. The number of thioether (sulfide) groups is 1. The second-order valence-corrected chi connectivity index (χ2v) is 8.51. The van der Waals surface area contributed by atoms with Crippen LogP contribution in [0, 0.1) is 0 Å². The predicted molar refractivity (Wildman–Crippen MR) is 123 cm³/mol. The number of nitrogens with zero attached hydrogens (tertiary/aromatic N) is 2. The third-order valence-electron chi connectivity index (χ3n) is 5.46. The average Bonchev–Trinajstić information content (AvgIpc) is 3.32. The lowest BCUT2D eigenvalue weighted by molar-refractivity contribution is -0.153. The molecule has 0 aliphatic carbocycles. The summed E-state index contributed by atoms with van der Waals surface area (Å²) in [5, 5.41) is 5.02. The molecule has 0 bridgehead atoms. The lowest BCUT2D eigenvalue weighted by Gasteiger charge is -2.16. The molecule has 0 spiro atoms. The van der Waals surface area contributed by atoms with Gasteiger partial charge in [0.1, 0.15) is 0 Å². The molecule has 2 aromatic carbocycles. The molecule has 0 saturated carbocycles. The summed E-state index contributed by atoms with van der Waals surface area (Å²) in [6, 6.07) is 14.0. The van der Waals surface area contributed by atoms with Crippen LogP contribution in [-0.4, -0.2) is 51.5 Å². The molecule has 7 nitrogen and oxygen atoms in total. The molecule has 162 valence electrons. The van der Waals surface area contributed by atoms with Crippen molar-refractivity contribution in [1.29, 1.82) is 0 Å². The van der Waals surface area contributed by atoms with E-state index >= 15 is 0 Å². The number of para-hydroxylation sites is 1. The predicted octanol–water partition coefficient (Wildman–Crippen LogP) is 4.24. The van der Waals surface area contributed by atoms with Gasteiger partial charge < -0.3 is 19.5 Å². The zero-order valence-corrected chi connectivity index (χ0v) is 18.4. The molecule has 1 unspecified atom stereocenters. The van der Waals surface area contributed by atoms with Crippen molar-refractivity contribution in [2.45, 2.75) is 32.9 Å². The van der Waals surface area contributed by atoms with Crippen LogP contribution in [0.15, 0.2) is 42.5 Å². The third kappa shape index (κ3) is 4.39. The Morgan fingerprint density at radius 1 is 1.16 bits per heavy atom. The van der Waals surface area contributed by atoms with Gasteiger partial charge in [0.05, 0.1) is 6.42 Å². The van der Waals surface area contributed by atoms with Gasteiger partial charge >= 0.3 is 5.97 Å². The molecule has 1 saturated heterocycles. The number of amides is 2. The number of hydrogen-bond acceptors (Lipinski definition) is 5. The molecule has 1 aliphatic rings. The summed E-state index contributed by atoms with van der Waals surface area (Å²) in [7, 11) is 0. The van der Waals surface area contributed by atoms with E-state index in [0.29, 0.717) is 18.8 Å². The molecule has 1 atom stereocenters. The van der Waals surface area contributed by atoms with E-state index < -0.39 is 12.1 Å². The van der Waals surface area contributed by atoms with Crippen LogP contribution in [0.5, 0.6) is 0 Å². The Bertz CT molecular complexity index is 1160. The van der Waals surface area contributed by atoms with Crippen LogP contribution in [0.4, 0.5) is 10.5 Å². The van der Waals surface area contributed by atoms with Crippen molar-refractivity contribution in [3.63, 3.8) is 0 Å². The highest BCUT2D eigenvalue weighted by molar-refractivity contribution is 8.13. The number of benzene rings is 2. The lowest BCUT2D eigenvalue weighted by atomic mass is 10.1. The molecule has 1 aliphatic heterocycles. The van der Waals surface area contributed by atoms with Crippen LogP contribution in [0.25, 0.3) is 21.8 Å². The minimum Gasteiger partial charge on any atom is -0.452 e. The summed E-state index contributed by atoms with van der Waals surface area (Å²) >= 11 is 1.25. The number of aryl methyl sites for hydroxylation is 1. The van der Waals surface area contributed by atoms with Gasteiger partial charge in [0.2, 0.25) is 0 Å². The van der Waals surface area contributed by atoms with Gasteiger partial charge in [0.15, 0.2) is 6.10 Å². The van der Waals surface area contributed by atoms with Gasteiger partial charge in [-0.05, 0) is 38.1 Å². The number of aromatic nitrogens is 1. The van der Waals surface area contributed by atoms with Crippen molar-refractivity contribution in [3.05, 3.63) is 42.5 Å². The van der Waals surface area contributed by atoms with Crippen molar-refractivity contribution in [2.24, 2.45) is 0 Å². The molecule has 31 heavy (non-hydrogen) atoms. The smallest absolute Gasteiger partial charge is 0.308 e. The summed E-state index contributed by atoms with van der Waals surface area (Å²) in [5.74, 6) is -0.137. The number of ether oxygens (including phenoxy) is 1. The monoisotopic (exact) mass is 439 g/mol. The third-order valence-corrected chi connectivity index (χ3v) is 6.36. The van der Waals surface area contributed by atoms with Crippen molar-refractivity contribution < 1.29 is 19.1 Å². The number of rotatable bonds is 7. The van der Waals surface area contributed by atoms with Crippen LogP contribution < -0.4 is 5.32 Å². The fourth-order valence-electron chi connectivity index (χ4n) is 3.88. The summed E-state index contributed by atoms with van der Waals surface area (Å²) < 4.78 is 7.50. The molecule has 1 N–H and O–H groups in total. The SMILES string of the molecule is CCn1c2ccccc2c2cc(NC(=O)C(C)OC(=O)CCN3CCSC3=O)ccc21. The molecule has 2 amide bonds. The maximum Gasteiger partial charge on any atom is 0.308 e. The first-order valence-electron chi connectivity index (χ1n) is 10.4. The lowest BCUT2D eigenvalue weighted by Crippen LogP contribution is -2.32. The van der Waals surface area contributed by atoms with Crippen molar-refractivity contribution in [2.75, 3.05) is 24.2 Å². The van der Waals surface area contributed by atoms with Crippen molar-refractivity contribution in [3.8, 4) is 0 Å². The van der Waals surface area contributed by atoms with Gasteiger partial charge in [-0.1, -0.05) is 30.0 Å². The van der Waals surface area contributed by atoms with Gasteiger partial charge in [0, 0.05) is 52.9 Å². The second-order valence-electron chi connectivity index (χ2n) is 7.47. The van der Waals surface area contributed by atoms with E-state index in [1.165, 1.54) is 11.8 Å². The first kappa shape index (κ1) is 21.2. The molecule has 1 fully saturated rings. The number of carbonyl (C=O) groups excluding carboxylic acids is 3. The number of esters is 1. The molecule has 8 heteroatoms. The minimum absolute atomic E-state index is 0.0154. The van der Waals surface area contributed by atoms with Crippen molar-refractivity contribution in [1.82, 2.24) is 9.47 Å². The molecular weight excluding hydrogens is 414 g/mol. The van der Waals surface area contributed by atoms with Gasteiger partial charge in [-0.3, -0.25) is 14.4 Å². The Morgan fingerprint density at radius 3 is 2.68 bits per heavy atom. The fourth-order valence-corrected chi connectivity index (χ4v) is 4.73. The zero-order chi connectivity index (χ0) is 22.0. The average molecular weight is 440 g/mol. The van der Waals surface area contributed by atoms with E-state index in [2.05, 4.69) is 28.9 Å². The van der Waals surface area contributed by atoms with E-state index in [4.69, 9.17) is 4.74 Å². The Hall–Kier alpha value is -3.00. The highest BCUT2D eigenvalue weighted by Crippen LogP contribution is 2.31. The number of anilines is 1. The number of nitrogens with one attached hydrogen (secondary N) is 1. The fraction of sp³-hybridized carbons (Fsp3) is 0.348. The molecule has 4 rings (SSSR count). The summed E-state index contributed by atoms with van der Waals surface area (Å²) in [4.78, 5) is 37.9. The number of hydrogen-bond donors (Lipinski definition) is 1. The van der Waals surface area contributed by atoms with Crippen LogP contribution in [0.3, 0.4) is 0 Å². The Balaban J connectivity index is 1.41. The van der Waals surface area contributed by atoms with Gasteiger partial charge in [-0.2, -0.15) is 0 Å². The van der Waals surface area contributed by atoms with Gasteiger partial charge in [0.25, 0.3) is 11.1 Å². The maximum absolute atomic E-state index is 12.6. The summed E-state index contributed by atoms with van der Waals surface area (Å²) in [6.07, 6.45) is -0.851. The summed E-state index contributed by atoms with van der Waals surface area (Å²) in [6.45, 7) is 5.47. The molecule has 0 radical (unpaired) electrons. The standard InChI is InChI=1S/C23H25N3O4S/c1-3-26-19-7-5-4-6-17(19)18-14-16(8-9-20(18)26)24-22(28)15(2)30-21(27)10-11-25-12-13-31-23(25)29/h4-9,14-15H,3,10-13H2,1-2H3,(H,24,28). The van der Waals surface area contributed by atoms with Crippen LogP contribution in [0.2, 0.25) is 0 Å². The molecular formula is C23H25N3O4S. The first-order valence-corrected chi connectivity index (χ1v) is 11.4. The zero-order valence-electron chi connectivity index (χ0n) is 17.6. The van der Waals surface area contributed by atoms with Crippen molar-refractivity contribution >= 4 is 56.4 Å². The molecule has 2 heterocycles. The normalized spacial score (nSPS) is 14.9. The van der Waals surface area contributed by atoms with E-state index in [-0.39, 0.29) is 17.6 Å². The van der Waals surface area contributed by atoms with Crippen LogP contribution in [0.1, 0.15) is 20.3 Å². The van der Waals surface area contributed by atoms with Crippen LogP contribution in [-0.2, 0) is 20.9 Å². The quantitative estimate of drug-likeness (QED) is 0.557. The Morgan fingerprint density at radius 2 is 1.94 bits per heavy atom. The number of fused-ring (bicyclic) bond motifs is 3. The van der Waals surface area contributed by atoms with E-state index in [1.807, 2.05) is 30.3 Å². The minimum atomic E-state index is -0.927.